The van der Waals surface area contributed by atoms with E-state index < -0.39 is 5.82 Å². The van der Waals surface area contributed by atoms with Crippen LogP contribution in [0.4, 0.5) is 27.5 Å². The van der Waals surface area contributed by atoms with E-state index in [0.717, 1.165) is 56.9 Å². The highest BCUT2D eigenvalue weighted by Gasteiger charge is 2.38. The number of nitrogens with zero attached hydrogens (tertiary/aromatic N) is 4. The molecule has 2 aromatic heterocycles. The molecule has 2 aromatic rings. The van der Waals surface area contributed by atoms with Crippen LogP contribution in [0.2, 0.25) is 5.02 Å². The molecule has 2 atom stereocenters. The number of anilines is 4. The molecular weight excluding hydrogens is 395 g/mol. The first-order chi connectivity index (χ1) is 14.0. The van der Waals surface area contributed by atoms with Crippen molar-refractivity contribution in [3.05, 3.63) is 35.2 Å². The van der Waals surface area contributed by atoms with Crippen molar-refractivity contribution in [1.29, 1.82) is 0 Å². The SMILES string of the molecule is OC1CCN(c2cc(N3CC4CC3CN4)cc(Nc3cc(F)c(Cl)cn3)n2)CC1. The summed E-state index contributed by atoms with van der Waals surface area (Å²) in [6.45, 7) is 3.49. The molecular formula is C20H24ClFN6O. The monoisotopic (exact) mass is 418 g/mol. The second kappa shape index (κ2) is 7.59. The Morgan fingerprint density at radius 2 is 2.03 bits per heavy atom. The van der Waals surface area contributed by atoms with Gasteiger partial charge in [-0.25, -0.2) is 14.4 Å². The van der Waals surface area contributed by atoms with Gasteiger partial charge < -0.3 is 25.5 Å². The smallest absolute Gasteiger partial charge is 0.147 e. The molecule has 29 heavy (non-hydrogen) atoms. The van der Waals surface area contributed by atoms with E-state index in [4.69, 9.17) is 16.6 Å². The number of aliphatic hydroxyl groups is 1. The van der Waals surface area contributed by atoms with Gasteiger partial charge in [-0.05, 0) is 19.3 Å². The van der Waals surface area contributed by atoms with Gasteiger partial charge in [0.05, 0.1) is 17.3 Å². The molecule has 0 spiro atoms. The van der Waals surface area contributed by atoms with E-state index in [1.165, 1.54) is 12.3 Å². The molecule has 0 saturated carbocycles. The third kappa shape index (κ3) is 3.84. The van der Waals surface area contributed by atoms with Gasteiger partial charge in [-0.1, -0.05) is 11.6 Å². The topological polar surface area (TPSA) is 76.6 Å². The Balaban J connectivity index is 1.46. The molecule has 0 aromatic carbocycles. The summed E-state index contributed by atoms with van der Waals surface area (Å²) in [5, 5.41) is 16.5. The first-order valence-corrected chi connectivity index (χ1v) is 10.5. The average molecular weight is 419 g/mol. The van der Waals surface area contributed by atoms with Crippen LogP contribution >= 0.6 is 11.6 Å². The van der Waals surface area contributed by atoms with Crippen molar-refractivity contribution in [2.75, 3.05) is 41.3 Å². The van der Waals surface area contributed by atoms with Gasteiger partial charge in [-0.2, -0.15) is 0 Å². The Morgan fingerprint density at radius 1 is 1.21 bits per heavy atom. The zero-order valence-electron chi connectivity index (χ0n) is 16.0. The lowest BCUT2D eigenvalue weighted by Gasteiger charge is -2.33. The van der Waals surface area contributed by atoms with Gasteiger partial charge >= 0.3 is 0 Å². The highest BCUT2D eigenvalue weighted by Crippen LogP contribution is 2.34. The van der Waals surface area contributed by atoms with Crippen LogP contribution in [0.15, 0.2) is 24.4 Å². The van der Waals surface area contributed by atoms with E-state index in [-0.39, 0.29) is 11.1 Å². The molecule has 0 amide bonds. The second-order valence-electron chi connectivity index (χ2n) is 8.04. The average Bonchev–Trinajstić information content (AvgIpc) is 3.35. The number of rotatable bonds is 4. The molecule has 3 fully saturated rings. The first-order valence-electron chi connectivity index (χ1n) is 10.1. The summed E-state index contributed by atoms with van der Waals surface area (Å²) in [6.07, 6.45) is 3.67. The summed E-state index contributed by atoms with van der Waals surface area (Å²) in [4.78, 5) is 13.5. The minimum absolute atomic E-state index is 0.00887. The second-order valence-corrected chi connectivity index (χ2v) is 8.45. The number of aromatic nitrogens is 2. The lowest BCUT2D eigenvalue weighted by Crippen LogP contribution is -2.43. The normalized spacial score (nSPS) is 24.4. The summed E-state index contributed by atoms with van der Waals surface area (Å²) in [5.41, 5.74) is 1.10. The van der Waals surface area contributed by atoms with Gasteiger partial charge in [-0.15, -0.1) is 0 Å². The maximum atomic E-state index is 13.8. The predicted octanol–water partition coefficient (Wildman–Crippen LogP) is 2.52. The van der Waals surface area contributed by atoms with Crippen molar-refractivity contribution in [3.8, 4) is 0 Å². The molecule has 3 N–H and O–H groups in total. The highest BCUT2D eigenvalue weighted by atomic mass is 35.5. The third-order valence-electron chi connectivity index (χ3n) is 6.04. The van der Waals surface area contributed by atoms with E-state index in [9.17, 15) is 9.50 Å². The largest absolute Gasteiger partial charge is 0.393 e. The van der Waals surface area contributed by atoms with Crippen molar-refractivity contribution in [1.82, 2.24) is 15.3 Å². The lowest BCUT2D eigenvalue weighted by atomic mass is 10.1. The van der Waals surface area contributed by atoms with Crippen molar-refractivity contribution in [2.45, 2.75) is 37.5 Å². The lowest BCUT2D eigenvalue weighted by molar-refractivity contribution is 0.145. The number of piperidine rings is 1. The molecule has 3 saturated heterocycles. The number of pyridine rings is 2. The minimum Gasteiger partial charge on any atom is -0.393 e. The fourth-order valence-corrected chi connectivity index (χ4v) is 4.58. The molecule has 154 valence electrons. The van der Waals surface area contributed by atoms with E-state index in [1.54, 1.807) is 0 Å². The van der Waals surface area contributed by atoms with Crippen LogP contribution < -0.4 is 20.4 Å². The summed E-state index contributed by atoms with van der Waals surface area (Å²) in [6, 6.07) is 6.41. The Bertz CT molecular complexity index is 907. The molecule has 0 aliphatic carbocycles. The summed E-state index contributed by atoms with van der Waals surface area (Å²) in [5.74, 6) is 1.32. The van der Waals surface area contributed by atoms with Gasteiger partial charge in [0, 0.05) is 62.1 Å². The summed E-state index contributed by atoms with van der Waals surface area (Å²) < 4.78 is 13.8. The minimum atomic E-state index is -0.520. The number of hydrogen-bond donors (Lipinski definition) is 3. The molecule has 9 heteroatoms. The maximum absolute atomic E-state index is 13.8. The number of nitrogens with one attached hydrogen (secondary N) is 2. The number of fused-ring (bicyclic) bond motifs is 2. The van der Waals surface area contributed by atoms with Crippen molar-refractivity contribution in [3.63, 3.8) is 0 Å². The number of halogens is 2. The number of aliphatic hydroxyl groups excluding tert-OH is 1. The Labute approximate surface area is 173 Å². The van der Waals surface area contributed by atoms with E-state index >= 15 is 0 Å². The molecule has 7 nitrogen and oxygen atoms in total. The van der Waals surface area contributed by atoms with Crippen molar-refractivity contribution in [2.24, 2.45) is 0 Å². The van der Waals surface area contributed by atoms with Gasteiger partial charge in [0.1, 0.15) is 23.3 Å². The quantitative estimate of drug-likeness (QED) is 0.704. The zero-order chi connectivity index (χ0) is 20.0. The van der Waals surface area contributed by atoms with E-state index in [1.807, 2.05) is 6.07 Å². The van der Waals surface area contributed by atoms with Crippen LogP contribution in [-0.4, -0.2) is 59.4 Å². The maximum Gasteiger partial charge on any atom is 0.147 e. The zero-order valence-corrected chi connectivity index (χ0v) is 16.7. The molecule has 2 unspecified atom stereocenters. The molecule has 5 heterocycles. The summed E-state index contributed by atoms with van der Waals surface area (Å²) >= 11 is 5.75. The molecule has 5 rings (SSSR count). The Hall–Kier alpha value is -2.16. The van der Waals surface area contributed by atoms with Crippen molar-refractivity contribution < 1.29 is 9.50 Å². The highest BCUT2D eigenvalue weighted by molar-refractivity contribution is 6.30. The van der Waals surface area contributed by atoms with Crippen LogP contribution in [0, 0.1) is 5.82 Å². The van der Waals surface area contributed by atoms with Crippen LogP contribution in [-0.2, 0) is 0 Å². The van der Waals surface area contributed by atoms with Crippen LogP contribution in [0.3, 0.4) is 0 Å². The van der Waals surface area contributed by atoms with Gasteiger partial charge in [0.25, 0.3) is 0 Å². The van der Waals surface area contributed by atoms with Crippen molar-refractivity contribution >= 4 is 34.7 Å². The molecule has 0 radical (unpaired) electrons. The predicted molar refractivity (Wildman–Crippen MR) is 112 cm³/mol. The first kappa shape index (κ1) is 18.8. The summed E-state index contributed by atoms with van der Waals surface area (Å²) in [7, 11) is 0. The molecule has 3 aliphatic rings. The van der Waals surface area contributed by atoms with Crippen LogP contribution in [0.25, 0.3) is 0 Å². The third-order valence-corrected chi connectivity index (χ3v) is 6.32. The van der Waals surface area contributed by atoms with Crippen LogP contribution in [0.1, 0.15) is 19.3 Å². The van der Waals surface area contributed by atoms with Crippen LogP contribution in [0.5, 0.6) is 0 Å². The Kier molecular flexibility index (Phi) is 4.93. The van der Waals surface area contributed by atoms with E-state index in [2.05, 4.69) is 31.5 Å². The fourth-order valence-electron chi connectivity index (χ4n) is 4.48. The van der Waals surface area contributed by atoms with Gasteiger partial charge in [0.2, 0.25) is 0 Å². The fraction of sp³-hybridized carbons (Fsp3) is 0.500. The van der Waals surface area contributed by atoms with E-state index in [0.29, 0.717) is 23.7 Å². The number of piperazine rings is 1. The van der Waals surface area contributed by atoms with Gasteiger partial charge in [-0.3, -0.25) is 0 Å². The Morgan fingerprint density at radius 3 is 2.72 bits per heavy atom. The molecule has 3 aliphatic heterocycles. The standard InChI is InChI=1S/C20H24ClFN6O/c21-16-10-24-18(8-17(16)22)25-19-6-13(28-11-12-5-14(28)9-23-12)7-20(26-19)27-3-1-15(29)2-4-27/h6-8,10,12,14-15,23,29H,1-5,9,11H2,(H,24,25,26). The van der Waals surface area contributed by atoms with Gasteiger partial charge in [0.15, 0.2) is 0 Å². The number of hydrogen-bond acceptors (Lipinski definition) is 7. The molecule has 2 bridgehead atoms.